The van der Waals surface area contributed by atoms with Gasteiger partial charge in [0.05, 0.1) is 5.39 Å². The molecule has 0 bridgehead atoms. The normalized spacial score (nSPS) is 11.0. The largest absolute Gasteiger partial charge is 0.355 e. The van der Waals surface area contributed by atoms with E-state index in [4.69, 9.17) is 16.1 Å². The van der Waals surface area contributed by atoms with E-state index in [2.05, 4.69) is 15.5 Å². The summed E-state index contributed by atoms with van der Waals surface area (Å²) in [5, 5.41) is 9.03. The molecule has 5 rings (SSSR count). The third-order valence-electron chi connectivity index (χ3n) is 4.87. The van der Waals surface area contributed by atoms with Gasteiger partial charge in [-0.1, -0.05) is 65.3 Å². The molecular formula is C24H16ClN3O2S. The smallest absolute Gasteiger partial charge is 0.257 e. The van der Waals surface area contributed by atoms with Crippen molar-refractivity contribution in [2.45, 2.75) is 6.42 Å². The van der Waals surface area contributed by atoms with Crippen molar-refractivity contribution in [3.63, 3.8) is 0 Å². The van der Waals surface area contributed by atoms with Gasteiger partial charge in [0.2, 0.25) is 0 Å². The highest BCUT2D eigenvalue weighted by atomic mass is 35.5. The van der Waals surface area contributed by atoms with Crippen LogP contribution in [-0.4, -0.2) is 16.0 Å². The first kappa shape index (κ1) is 19.5. The van der Waals surface area contributed by atoms with Crippen molar-refractivity contribution >= 4 is 44.9 Å². The Morgan fingerprint density at radius 2 is 1.84 bits per heavy atom. The van der Waals surface area contributed by atoms with Gasteiger partial charge in [0, 0.05) is 33.6 Å². The number of thiazole rings is 1. The minimum absolute atomic E-state index is 0.235. The van der Waals surface area contributed by atoms with Crippen LogP contribution in [0.25, 0.3) is 22.2 Å². The summed E-state index contributed by atoms with van der Waals surface area (Å²) in [6.07, 6.45) is 2.43. The molecule has 0 atom stereocenters. The average molecular weight is 446 g/mol. The van der Waals surface area contributed by atoms with Gasteiger partial charge in [0.15, 0.2) is 10.9 Å². The minimum atomic E-state index is -0.235. The molecule has 0 radical (unpaired) electrons. The molecule has 0 aliphatic heterocycles. The first-order valence-corrected chi connectivity index (χ1v) is 10.8. The van der Waals surface area contributed by atoms with Crippen LogP contribution in [-0.2, 0) is 6.42 Å². The van der Waals surface area contributed by atoms with Gasteiger partial charge in [-0.05, 0) is 29.8 Å². The van der Waals surface area contributed by atoms with Crippen LogP contribution in [0.4, 0.5) is 5.13 Å². The lowest BCUT2D eigenvalue weighted by molar-refractivity contribution is 0.102. The summed E-state index contributed by atoms with van der Waals surface area (Å²) in [7, 11) is 0. The summed E-state index contributed by atoms with van der Waals surface area (Å²) in [6.45, 7) is 0. The Kier molecular flexibility index (Phi) is 5.24. The van der Waals surface area contributed by atoms with E-state index in [-0.39, 0.29) is 5.91 Å². The quantitative estimate of drug-likeness (QED) is 0.337. The number of carbonyl (C=O) groups is 1. The number of nitrogens with zero attached hydrogens (tertiary/aromatic N) is 2. The van der Waals surface area contributed by atoms with Crippen LogP contribution in [0, 0.1) is 0 Å². The summed E-state index contributed by atoms with van der Waals surface area (Å²) in [5.74, 6) is 0.405. The van der Waals surface area contributed by atoms with Crippen molar-refractivity contribution in [2.24, 2.45) is 0 Å². The fourth-order valence-electron chi connectivity index (χ4n) is 3.33. The van der Waals surface area contributed by atoms with Crippen molar-refractivity contribution in [1.82, 2.24) is 10.1 Å². The Morgan fingerprint density at radius 3 is 2.68 bits per heavy atom. The molecule has 0 saturated heterocycles. The van der Waals surface area contributed by atoms with Crippen LogP contribution in [0.1, 0.15) is 20.8 Å². The van der Waals surface area contributed by atoms with Crippen LogP contribution in [0.2, 0.25) is 5.02 Å². The van der Waals surface area contributed by atoms with Gasteiger partial charge in [0.25, 0.3) is 5.91 Å². The molecular weight excluding hydrogens is 430 g/mol. The minimum Gasteiger partial charge on any atom is -0.355 e. The maximum Gasteiger partial charge on any atom is 0.257 e. The van der Waals surface area contributed by atoms with Crippen molar-refractivity contribution in [1.29, 1.82) is 0 Å². The number of benzene rings is 3. The zero-order valence-corrected chi connectivity index (χ0v) is 17.8. The molecule has 31 heavy (non-hydrogen) atoms. The summed E-state index contributed by atoms with van der Waals surface area (Å²) < 4.78 is 5.52. The number of anilines is 1. The lowest BCUT2D eigenvalue weighted by atomic mass is 10.1. The number of aromatic nitrogens is 2. The van der Waals surface area contributed by atoms with Crippen molar-refractivity contribution < 1.29 is 9.32 Å². The van der Waals surface area contributed by atoms with Gasteiger partial charge >= 0.3 is 0 Å². The molecule has 0 unspecified atom stereocenters. The summed E-state index contributed by atoms with van der Waals surface area (Å²) in [4.78, 5) is 18.2. The van der Waals surface area contributed by atoms with Crippen molar-refractivity contribution in [2.75, 3.05) is 5.32 Å². The number of amides is 1. The Balaban J connectivity index is 1.36. The zero-order chi connectivity index (χ0) is 21.2. The lowest BCUT2D eigenvalue weighted by Gasteiger charge is -2.03. The number of hydrogen-bond acceptors (Lipinski definition) is 5. The van der Waals surface area contributed by atoms with E-state index < -0.39 is 0 Å². The lowest BCUT2D eigenvalue weighted by Crippen LogP contribution is -2.11. The third kappa shape index (κ3) is 4.08. The number of halogens is 1. The maximum atomic E-state index is 12.8. The summed E-state index contributed by atoms with van der Waals surface area (Å²) in [5.41, 5.74) is 3.14. The second kappa shape index (κ2) is 8.34. The van der Waals surface area contributed by atoms with E-state index >= 15 is 0 Å². The van der Waals surface area contributed by atoms with Crippen molar-refractivity contribution in [3.8, 4) is 11.3 Å². The second-order valence-corrected chi connectivity index (χ2v) is 8.49. The second-order valence-electron chi connectivity index (χ2n) is 6.96. The van der Waals surface area contributed by atoms with Crippen LogP contribution < -0.4 is 5.32 Å². The van der Waals surface area contributed by atoms with E-state index in [0.717, 1.165) is 26.4 Å². The monoisotopic (exact) mass is 445 g/mol. The van der Waals surface area contributed by atoms with E-state index in [1.807, 2.05) is 54.6 Å². The van der Waals surface area contributed by atoms with Crippen LogP contribution in [0.15, 0.2) is 83.5 Å². The Bertz CT molecular complexity index is 1380. The van der Waals surface area contributed by atoms with E-state index in [1.54, 1.807) is 24.4 Å². The van der Waals surface area contributed by atoms with Gasteiger partial charge in [0.1, 0.15) is 5.52 Å². The fraction of sp³-hybridized carbons (Fsp3) is 0.0417. The van der Waals surface area contributed by atoms with Gasteiger partial charge in [-0.25, -0.2) is 4.98 Å². The van der Waals surface area contributed by atoms with E-state index in [0.29, 0.717) is 28.4 Å². The Morgan fingerprint density at radius 1 is 1.03 bits per heavy atom. The average Bonchev–Trinajstić information content (AvgIpc) is 3.42. The molecule has 0 fully saturated rings. The molecule has 3 aromatic carbocycles. The van der Waals surface area contributed by atoms with Crippen LogP contribution >= 0.6 is 22.9 Å². The molecule has 0 aliphatic rings. The van der Waals surface area contributed by atoms with Gasteiger partial charge in [-0.3, -0.25) is 10.1 Å². The predicted molar refractivity (Wildman–Crippen MR) is 124 cm³/mol. The van der Waals surface area contributed by atoms with Crippen LogP contribution in [0.5, 0.6) is 0 Å². The number of nitrogens with one attached hydrogen (secondary N) is 1. The van der Waals surface area contributed by atoms with Gasteiger partial charge in [-0.2, -0.15) is 0 Å². The molecule has 1 N–H and O–H groups in total. The number of carbonyl (C=O) groups excluding carboxylic acids is 1. The topological polar surface area (TPSA) is 68.0 Å². The summed E-state index contributed by atoms with van der Waals surface area (Å²) in [6, 6.07) is 22.7. The Labute approximate surface area is 187 Å². The molecule has 2 heterocycles. The Hall–Kier alpha value is -3.48. The summed E-state index contributed by atoms with van der Waals surface area (Å²) >= 11 is 7.67. The zero-order valence-electron chi connectivity index (χ0n) is 16.2. The van der Waals surface area contributed by atoms with Gasteiger partial charge in [-0.15, -0.1) is 11.3 Å². The molecule has 5 nitrogen and oxygen atoms in total. The molecule has 1 amide bonds. The standard InChI is InChI=1S/C24H16ClN3O2S/c25-20-9-5-4-8-16(20)12-18-14-26-24(31-18)27-23(29)17-10-11-21-19(13-17)22(30-28-21)15-6-2-1-3-7-15/h1-11,13-14H,12H2,(H,26,27,29). The van der Waals surface area contributed by atoms with Crippen molar-refractivity contribution in [3.05, 3.63) is 100 Å². The maximum absolute atomic E-state index is 12.8. The highest BCUT2D eigenvalue weighted by molar-refractivity contribution is 7.15. The first-order chi connectivity index (χ1) is 15.2. The molecule has 2 aromatic heterocycles. The molecule has 7 heteroatoms. The molecule has 0 spiro atoms. The fourth-order valence-corrected chi connectivity index (χ4v) is 4.36. The number of rotatable bonds is 5. The first-order valence-electron chi connectivity index (χ1n) is 9.62. The predicted octanol–water partition coefficient (Wildman–Crippen LogP) is 6.45. The molecule has 0 aliphatic carbocycles. The number of hydrogen-bond donors (Lipinski definition) is 1. The molecule has 152 valence electrons. The van der Waals surface area contributed by atoms with Gasteiger partial charge < -0.3 is 4.52 Å². The SMILES string of the molecule is O=C(Nc1ncc(Cc2ccccc2Cl)s1)c1ccc2noc(-c3ccccc3)c2c1. The molecule has 0 saturated carbocycles. The number of fused-ring (bicyclic) bond motifs is 1. The molecule has 5 aromatic rings. The highest BCUT2D eigenvalue weighted by Gasteiger charge is 2.15. The van der Waals surface area contributed by atoms with Crippen LogP contribution in [0.3, 0.4) is 0 Å². The third-order valence-corrected chi connectivity index (χ3v) is 6.15. The highest BCUT2D eigenvalue weighted by Crippen LogP contribution is 2.30. The van der Waals surface area contributed by atoms with E-state index in [1.165, 1.54) is 11.3 Å². The van der Waals surface area contributed by atoms with E-state index in [9.17, 15) is 4.79 Å².